The van der Waals surface area contributed by atoms with Gasteiger partial charge in [-0.1, -0.05) is 20.8 Å². The van der Waals surface area contributed by atoms with Crippen LogP contribution in [0.1, 0.15) is 82.8 Å². The number of nitrogens with zero attached hydrogens (tertiary/aromatic N) is 1. The van der Waals surface area contributed by atoms with E-state index in [0.717, 1.165) is 60.7 Å². The van der Waals surface area contributed by atoms with E-state index in [-0.39, 0.29) is 30.2 Å². The van der Waals surface area contributed by atoms with Crippen LogP contribution < -0.4 is 10.7 Å². The summed E-state index contributed by atoms with van der Waals surface area (Å²) in [5.41, 5.74) is 1.95. The fraction of sp³-hybridized carbons (Fsp3) is 0.688. The lowest BCUT2D eigenvalue weighted by molar-refractivity contribution is 0.00681. The van der Waals surface area contributed by atoms with E-state index in [2.05, 4.69) is 41.5 Å². The number of nitrogens with one attached hydrogen (secondary N) is 1. The summed E-state index contributed by atoms with van der Waals surface area (Å²) < 4.78 is 16.7. The molecule has 3 atom stereocenters. The summed E-state index contributed by atoms with van der Waals surface area (Å²) in [6, 6.07) is 4.29. The maximum Gasteiger partial charge on any atom is 0.343 e. The molecule has 10 heteroatoms. The van der Waals surface area contributed by atoms with E-state index in [1.54, 1.807) is 39.1 Å². The molecule has 42 heavy (non-hydrogen) atoms. The molecule has 0 radical (unpaired) electrons. The maximum absolute atomic E-state index is 13.0. The van der Waals surface area contributed by atoms with Crippen molar-refractivity contribution >= 4 is 28.6 Å². The highest BCUT2D eigenvalue weighted by atomic mass is 32.2. The van der Waals surface area contributed by atoms with Crippen LogP contribution in [-0.4, -0.2) is 86.8 Å². The first-order valence-corrected chi connectivity index (χ1v) is 16.0. The lowest BCUT2D eigenvalue weighted by Crippen LogP contribution is -2.25. The van der Waals surface area contributed by atoms with Crippen LogP contribution in [0.2, 0.25) is 0 Å². The Balaban J connectivity index is 0.000000931. The van der Waals surface area contributed by atoms with Gasteiger partial charge in [-0.3, -0.25) is 4.79 Å². The minimum Gasteiger partial charge on any atom is -0.462 e. The average Bonchev–Trinajstić information content (AvgIpc) is 2.98. The first-order valence-electron chi connectivity index (χ1n) is 15.1. The molecule has 1 aromatic carbocycles. The topological polar surface area (TPSA) is 119 Å². The zero-order chi connectivity index (χ0) is 32.1. The van der Waals surface area contributed by atoms with Crippen molar-refractivity contribution in [1.82, 2.24) is 9.88 Å². The summed E-state index contributed by atoms with van der Waals surface area (Å²) in [5.74, 6) is 1.17. The average molecular weight is 613 g/mol. The van der Waals surface area contributed by atoms with Gasteiger partial charge in [0.25, 0.3) is 0 Å². The molecule has 2 aliphatic rings. The van der Waals surface area contributed by atoms with Crippen LogP contribution in [-0.2, 0) is 20.6 Å². The first-order chi connectivity index (χ1) is 20.3. The molecule has 9 nitrogen and oxygen atoms in total. The molecule has 3 N–H and O–H groups in total. The van der Waals surface area contributed by atoms with E-state index in [1.165, 1.54) is 12.8 Å². The standard InChI is InChI=1S/C20H26N2O4S.C7H14O.C2H6O.C2H6.CH4O/c1-3-26-20(25)17-12-22-13(2)4-5-14-10-15(27-9-7-21-6-8-23)11-16(18(14)22)19(17)24;1-6-3-4-8-7(2)5-6;1-3-2;2*1-2/h10-13,21,23H,3-9H2,1-2H3;6-7H,3-5H2,1-2H3;1-2H3;1-2H3;2H,1H3. The van der Waals surface area contributed by atoms with Crippen LogP contribution in [0.5, 0.6) is 0 Å². The number of thioether (sulfide) groups is 1. The van der Waals surface area contributed by atoms with Gasteiger partial charge in [-0.2, -0.15) is 0 Å². The lowest BCUT2D eigenvalue weighted by atomic mass is 9.96. The number of aliphatic hydroxyl groups excluding tert-OH is 2. The molecule has 2 aromatic rings. The smallest absolute Gasteiger partial charge is 0.343 e. The molecule has 2 aliphatic heterocycles. The number of esters is 1. The van der Waals surface area contributed by atoms with Gasteiger partial charge in [-0.25, -0.2) is 4.79 Å². The number of ether oxygens (including phenoxy) is 3. The van der Waals surface area contributed by atoms with E-state index in [1.807, 2.05) is 19.9 Å². The Morgan fingerprint density at radius 3 is 2.36 bits per heavy atom. The molecular formula is C32H56N2O7S. The number of aryl methyl sites for hydroxylation is 1. The largest absolute Gasteiger partial charge is 0.462 e. The predicted molar refractivity (Wildman–Crippen MR) is 174 cm³/mol. The third kappa shape index (κ3) is 13.1. The van der Waals surface area contributed by atoms with Gasteiger partial charge in [0, 0.05) is 69.3 Å². The molecule has 242 valence electrons. The Labute approximate surface area is 257 Å². The number of carbonyl (C=O) groups is 1. The van der Waals surface area contributed by atoms with Crippen LogP contribution in [0, 0.1) is 5.92 Å². The van der Waals surface area contributed by atoms with E-state index >= 15 is 0 Å². The zero-order valence-corrected chi connectivity index (χ0v) is 28.1. The number of hydrogen-bond acceptors (Lipinski definition) is 9. The fourth-order valence-electron chi connectivity index (χ4n) is 4.70. The second-order valence-corrected chi connectivity index (χ2v) is 11.1. The first kappa shape index (κ1) is 40.1. The third-order valence-corrected chi connectivity index (χ3v) is 7.54. The number of pyridine rings is 1. The van der Waals surface area contributed by atoms with Gasteiger partial charge in [0.05, 0.1) is 24.8 Å². The van der Waals surface area contributed by atoms with Crippen molar-refractivity contribution in [3.05, 3.63) is 39.7 Å². The van der Waals surface area contributed by atoms with Crippen molar-refractivity contribution in [1.29, 1.82) is 0 Å². The number of aromatic nitrogens is 1. The van der Waals surface area contributed by atoms with Crippen molar-refractivity contribution in [3.8, 4) is 0 Å². The summed E-state index contributed by atoms with van der Waals surface area (Å²) in [6.45, 7) is 15.0. The molecule has 1 fully saturated rings. The summed E-state index contributed by atoms with van der Waals surface area (Å²) in [6.07, 6.45) is 6.58. The zero-order valence-electron chi connectivity index (χ0n) is 27.3. The molecular weight excluding hydrogens is 556 g/mol. The summed E-state index contributed by atoms with van der Waals surface area (Å²) >= 11 is 1.67. The Kier molecular flexibility index (Phi) is 22.4. The highest BCUT2D eigenvalue weighted by Crippen LogP contribution is 2.33. The number of benzene rings is 1. The SMILES string of the molecule is CC.CC1CCOC(C)C1.CCOC(=O)c1cn2c3c(cc(SCCNCCO)cc3c1=O)CCC2C.CO.COC. The number of rotatable bonds is 8. The van der Waals surface area contributed by atoms with Crippen molar-refractivity contribution in [2.45, 2.75) is 84.3 Å². The van der Waals surface area contributed by atoms with Crippen molar-refractivity contribution in [3.63, 3.8) is 0 Å². The van der Waals surface area contributed by atoms with E-state index in [4.69, 9.17) is 19.7 Å². The predicted octanol–water partition coefficient (Wildman–Crippen LogP) is 5.08. The second kappa shape index (κ2) is 23.5. The Hall–Kier alpha value is -1.95. The number of aliphatic hydroxyl groups is 2. The molecule has 4 rings (SSSR count). The molecule has 1 saturated heterocycles. The summed E-state index contributed by atoms with van der Waals surface area (Å²) in [4.78, 5) is 26.3. The van der Waals surface area contributed by atoms with Crippen molar-refractivity contribution in [2.24, 2.45) is 5.92 Å². The number of carbonyl (C=O) groups excluding carboxylic acids is 1. The van der Waals surface area contributed by atoms with Gasteiger partial charge in [0.1, 0.15) is 5.56 Å². The maximum atomic E-state index is 13.0. The van der Waals surface area contributed by atoms with E-state index in [0.29, 0.717) is 18.0 Å². The van der Waals surface area contributed by atoms with Crippen LogP contribution >= 0.6 is 11.8 Å². The van der Waals surface area contributed by atoms with Crippen molar-refractivity contribution in [2.75, 3.05) is 60.0 Å². The molecule has 3 unspecified atom stereocenters. The minimum atomic E-state index is -0.557. The highest BCUT2D eigenvalue weighted by molar-refractivity contribution is 7.99. The monoisotopic (exact) mass is 612 g/mol. The number of hydrogen-bond donors (Lipinski definition) is 3. The molecule has 0 saturated carbocycles. The number of methoxy groups -OCH3 is 1. The van der Waals surface area contributed by atoms with Gasteiger partial charge in [0.2, 0.25) is 5.43 Å². The molecule has 0 bridgehead atoms. The Bertz CT molecular complexity index is 1070. The normalized spacial score (nSPS) is 18.5. The quantitative estimate of drug-likeness (QED) is 0.213. The van der Waals surface area contributed by atoms with E-state index < -0.39 is 5.97 Å². The van der Waals surface area contributed by atoms with Crippen LogP contribution in [0.15, 0.2) is 28.0 Å². The summed E-state index contributed by atoms with van der Waals surface area (Å²) in [5, 5.41) is 19.6. The van der Waals surface area contributed by atoms with Gasteiger partial charge in [-0.05, 0) is 70.1 Å². The minimum absolute atomic E-state index is 0.107. The Morgan fingerprint density at radius 2 is 1.81 bits per heavy atom. The summed E-state index contributed by atoms with van der Waals surface area (Å²) in [7, 11) is 4.25. The molecule has 0 aliphatic carbocycles. The van der Waals surface area contributed by atoms with Crippen molar-refractivity contribution < 1.29 is 29.2 Å². The van der Waals surface area contributed by atoms with Gasteiger partial charge >= 0.3 is 5.97 Å². The fourth-order valence-corrected chi connectivity index (χ4v) is 5.61. The highest BCUT2D eigenvalue weighted by Gasteiger charge is 2.24. The van der Waals surface area contributed by atoms with Gasteiger partial charge in [-0.15, -0.1) is 11.8 Å². The molecule has 0 spiro atoms. The van der Waals surface area contributed by atoms with Crippen LogP contribution in [0.25, 0.3) is 10.9 Å². The van der Waals surface area contributed by atoms with E-state index in [9.17, 15) is 9.59 Å². The van der Waals surface area contributed by atoms with Crippen LogP contribution in [0.4, 0.5) is 0 Å². The second-order valence-electron chi connectivity index (χ2n) is 9.91. The molecule has 0 amide bonds. The Morgan fingerprint density at radius 1 is 1.14 bits per heavy atom. The van der Waals surface area contributed by atoms with Crippen LogP contribution in [0.3, 0.4) is 0 Å². The molecule has 3 heterocycles. The molecule has 1 aromatic heterocycles. The third-order valence-electron chi connectivity index (χ3n) is 6.56. The van der Waals surface area contributed by atoms with Gasteiger partial charge in [0.15, 0.2) is 0 Å². The lowest BCUT2D eigenvalue weighted by Gasteiger charge is -2.27. The van der Waals surface area contributed by atoms with Gasteiger partial charge < -0.3 is 34.3 Å².